The quantitative estimate of drug-likeness (QED) is 0.172. The number of aliphatic hydroxyl groups is 8. The molecule has 8 aliphatic rings. The smallest absolute Gasteiger partial charge is 0.198 e. The largest absolute Gasteiger partial charge is 0.394 e. The van der Waals surface area contributed by atoms with Crippen molar-refractivity contribution in [3.63, 3.8) is 0 Å². The van der Waals surface area contributed by atoms with Crippen molar-refractivity contribution < 1.29 is 69.3 Å². The molecule has 0 radical (unpaired) electrons. The van der Waals surface area contributed by atoms with Crippen molar-refractivity contribution in [2.45, 2.75) is 165 Å². The Morgan fingerprint density at radius 1 is 0.811 bits per heavy atom. The SMILES string of the molecule is C[C@H]1CO[C@@]2(O[C@H]3C[C@H]4[C@@H]5CC=C6C[C@@H](O)CC[C@]6(C)[C@H]5CC[C@]4(C)[C@H]3[C@@H]2C)[C@H](O[C@@H]2O[C@H](CO[C@@H]3O[C@H](CO)[C@@H](O)[C@H](O)[C@H]3O)[C@@H](O)[C@H](O)[C@H]2O)C1. The van der Waals surface area contributed by atoms with Crippen molar-refractivity contribution in [2.24, 2.45) is 46.3 Å². The van der Waals surface area contributed by atoms with Crippen LogP contribution in [0.1, 0.15) is 79.1 Å². The Morgan fingerprint density at radius 3 is 2.25 bits per heavy atom. The van der Waals surface area contributed by atoms with E-state index in [0.717, 1.165) is 44.9 Å². The Balaban J connectivity index is 0.981. The lowest BCUT2D eigenvalue weighted by Gasteiger charge is -2.58. The lowest BCUT2D eigenvalue weighted by Crippen LogP contribution is -2.64. The summed E-state index contributed by atoms with van der Waals surface area (Å²) in [6.45, 7) is 8.57. The molecule has 1 spiro atoms. The molecule has 0 amide bonds. The van der Waals surface area contributed by atoms with Gasteiger partial charge in [-0.2, -0.15) is 0 Å². The monoisotopic (exact) mass is 754 g/mol. The molecule has 22 atom stereocenters. The van der Waals surface area contributed by atoms with E-state index in [4.69, 9.17) is 28.4 Å². The van der Waals surface area contributed by atoms with E-state index in [1.165, 1.54) is 5.57 Å². The summed E-state index contributed by atoms with van der Waals surface area (Å²) in [5.41, 5.74) is 1.64. The average molecular weight is 755 g/mol. The summed E-state index contributed by atoms with van der Waals surface area (Å²) in [5.74, 6) is 0.851. The molecular weight excluding hydrogens is 692 g/mol. The van der Waals surface area contributed by atoms with Gasteiger partial charge in [-0.05, 0) is 91.8 Å². The Morgan fingerprint density at radius 2 is 1.51 bits per heavy atom. The predicted octanol–water partition coefficient (Wildman–Crippen LogP) is 0.333. The topological polar surface area (TPSA) is 217 Å². The molecule has 0 aromatic heterocycles. The van der Waals surface area contributed by atoms with Crippen molar-refractivity contribution in [3.8, 4) is 0 Å². The van der Waals surface area contributed by atoms with Gasteiger partial charge in [-0.15, -0.1) is 0 Å². The summed E-state index contributed by atoms with van der Waals surface area (Å²) < 4.78 is 37.5. The number of aliphatic hydroxyl groups excluding tert-OH is 8. The summed E-state index contributed by atoms with van der Waals surface area (Å²) in [6, 6.07) is 0. The molecule has 14 nitrogen and oxygen atoms in total. The highest BCUT2D eigenvalue weighted by atomic mass is 16.8. The Labute approximate surface area is 311 Å². The van der Waals surface area contributed by atoms with Crippen LogP contribution in [0.25, 0.3) is 0 Å². The molecule has 3 saturated carbocycles. The minimum atomic E-state index is -1.66. The second-order valence-electron chi connectivity index (χ2n) is 18.5. The van der Waals surface area contributed by atoms with Crippen LogP contribution in [0.2, 0.25) is 0 Å². The van der Waals surface area contributed by atoms with Gasteiger partial charge in [0.1, 0.15) is 54.9 Å². The van der Waals surface area contributed by atoms with Crippen LogP contribution in [-0.4, -0.2) is 146 Å². The first-order valence-corrected chi connectivity index (χ1v) is 20.1. The fraction of sp³-hybridized carbons (Fsp3) is 0.949. The molecule has 0 bridgehead atoms. The number of hydrogen-bond acceptors (Lipinski definition) is 14. The minimum Gasteiger partial charge on any atom is -0.394 e. The van der Waals surface area contributed by atoms with Gasteiger partial charge in [-0.3, -0.25) is 0 Å². The van der Waals surface area contributed by atoms with Crippen molar-refractivity contribution in [1.82, 2.24) is 0 Å². The lowest BCUT2D eigenvalue weighted by atomic mass is 9.47. The van der Waals surface area contributed by atoms with Gasteiger partial charge in [0.05, 0.1) is 32.0 Å². The van der Waals surface area contributed by atoms with E-state index in [1.807, 2.05) is 0 Å². The van der Waals surface area contributed by atoms with Gasteiger partial charge in [-0.1, -0.05) is 39.3 Å². The molecule has 302 valence electrons. The van der Waals surface area contributed by atoms with Crippen molar-refractivity contribution in [2.75, 3.05) is 19.8 Å². The zero-order valence-corrected chi connectivity index (χ0v) is 31.4. The van der Waals surface area contributed by atoms with Crippen LogP contribution in [-0.2, 0) is 28.4 Å². The number of rotatable bonds is 6. The normalized spacial score (nSPS) is 58.0. The highest BCUT2D eigenvalue weighted by molar-refractivity contribution is 5.26. The van der Waals surface area contributed by atoms with Crippen LogP contribution in [0.4, 0.5) is 0 Å². The van der Waals surface area contributed by atoms with Gasteiger partial charge in [0.15, 0.2) is 18.4 Å². The molecule has 4 heterocycles. The molecule has 8 N–H and O–H groups in total. The maximum atomic E-state index is 11.1. The maximum Gasteiger partial charge on any atom is 0.198 e. The second kappa shape index (κ2) is 14.2. The van der Waals surface area contributed by atoms with E-state index >= 15 is 0 Å². The van der Waals surface area contributed by atoms with Crippen LogP contribution in [0.5, 0.6) is 0 Å². The zero-order valence-electron chi connectivity index (χ0n) is 31.4. The standard InChI is InChI=1S/C39H62O14/c1-17-11-27(52-36-34(47)32(45)30(43)26(51-36)16-48-35-33(46)31(44)29(42)25(14-40)50-35)39(49-15-17)18(2)28-24(53-39)13-23-21-6-5-19-12-20(41)7-9-37(19,3)22(21)8-10-38(23,28)4/h5,17-18,20-36,40-47H,6-16H2,1-4H3/t17-,18+,20+,21-,22+,23+,24+,25-,26-,27-,28+,29-,30-,31+,32+,33-,34-,35-,36+,37+,38+,39+/m1/s1. The van der Waals surface area contributed by atoms with Crippen LogP contribution in [0.15, 0.2) is 11.6 Å². The lowest BCUT2D eigenvalue weighted by molar-refractivity contribution is -0.379. The first-order chi connectivity index (χ1) is 25.1. The summed E-state index contributed by atoms with van der Waals surface area (Å²) in [7, 11) is 0. The number of ether oxygens (including phenoxy) is 6. The molecule has 4 saturated heterocycles. The van der Waals surface area contributed by atoms with E-state index in [2.05, 4.69) is 33.8 Å². The summed E-state index contributed by atoms with van der Waals surface area (Å²) in [5, 5.41) is 83.6. The molecule has 4 aliphatic heterocycles. The van der Waals surface area contributed by atoms with Crippen LogP contribution < -0.4 is 0 Å². The molecule has 7 fully saturated rings. The number of fused-ring (bicyclic) bond motifs is 7. The van der Waals surface area contributed by atoms with E-state index in [0.29, 0.717) is 30.8 Å². The first-order valence-electron chi connectivity index (χ1n) is 20.1. The van der Waals surface area contributed by atoms with Crippen molar-refractivity contribution in [3.05, 3.63) is 11.6 Å². The molecule has 53 heavy (non-hydrogen) atoms. The number of allylic oxidation sites excluding steroid dienone is 1. The van der Waals surface area contributed by atoms with E-state index in [9.17, 15) is 40.9 Å². The summed E-state index contributed by atoms with van der Waals surface area (Å²) in [4.78, 5) is 0. The van der Waals surface area contributed by atoms with Crippen LogP contribution in [0.3, 0.4) is 0 Å². The molecule has 0 unspecified atom stereocenters. The van der Waals surface area contributed by atoms with Crippen molar-refractivity contribution in [1.29, 1.82) is 0 Å². The number of hydrogen-bond donors (Lipinski definition) is 8. The summed E-state index contributed by atoms with van der Waals surface area (Å²) >= 11 is 0. The Bertz CT molecular complexity index is 1360. The maximum absolute atomic E-state index is 11.1. The van der Waals surface area contributed by atoms with Gasteiger partial charge >= 0.3 is 0 Å². The van der Waals surface area contributed by atoms with Gasteiger partial charge in [0.2, 0.25) is 0 Å². The van der Waals surface area contributed by atoms with Crippen LogP contribution >= 0.6 is 0 Å². The molecule has 4 aliphatic carbocycles. The Kier molecular flexibility index (Phi) is 10.5. The average Bonchev–Trinajstić information content (AvgIpc) is 3.59. The second-order valence-corrected chi connectivity index (χ2v) is 18.5. The van der Waals surface area contributed by atoms with Crippen molar-refractivity contribution >= 4 is 0 Å². The van der Waals surface area contributed by atoms with E-state index in [1.54, 1.807) is 0 Å². The fourth-order valence-corrected chi connectivity index (χ4v) is 12.6. The molecule has 0 aromatic rings. The van der Waals surface area contributed by atoms with Gasteiger partial charge in [0.25, 0.3) is 0 Å². The Hall–Kier alpha value is -0.820. The third-order valence-corrected chi connectivity index (χ3v) is 15.6. The first kappa shape index (κ1) is 39.0. The van der Waals surface area contributed by atoms with Gasteiger partial charge in [0, 0.05) is 5.92 Å². The highest BCUT2D eigenvalue weighted by Crippen LogP contribution is 2.70. The van der Waals surface area contributed by atoms with Gasteiger partial charge in [-0.25, -0.2) is 0 Å². The fourth-order valence-electron chi connectivity index (χ4n) is 12.6. The van der Waals surface area contributed by atoms with E-state index in [-0.39, 0.29) is 40.8 Å². The van der Waals surface area contributed by atoms with E-state index < -0.39 is 86.5 Å². The molecular formula is C39H62O14. The molecule has 14 heteroatoms. The highest BCUT2D eigenvalue weighted by Gasteiger charge is 2.71. The zero-order chi connectivity index (χ0) is 37.8. The van der Waals surface area contributed by atoms with Crippen LogP contribution in [0, 0.1) is 46.3 Å². The predicted molar refractivity (Wildman–Crippen MR) is 184 cm³/mol. The molecule has 8 rings (SSSR count). The molecule has 0 aromatic carbocycles. The minimum absolute atomic E-state index is 0.0334. The van der Waals surface area contributed by atoms with Gasteiger partial charge < -0.3 is 69.3 Å². The third-order valence-electron chi connectivity index (χ3n) is 15.6. The third kappa shape index (κ3) is 6.12. The summed E-state index contributed by atoms with van der Waals surface area (Å²) in [6.07, 6.45) is -6.00.